The molecule has 0 saturated carbocycles. The number of imidazole rings is 1. The lowest BCUT2D eigenvalue weighted by molar-refractivity contribution is 0.0298. The largest absolute Gasteiger partial charge is 0.378 e. The van der Waals surface area contributed by atoms with Crippen molar-refractivity contribution < 1.29 is 14.3 Å². The van der Waals surface area contributed by atoms with E-state index in [1.807, 2.05) is 18.4 Å². The third-order valence-corrected chi connectivity index (χ3v) is 4.24. The van der Waals surface area contributed by atoms with Crippen LogP contribution in [0.3, 0.4) is 0 Å². The first-order valence-corrected chi connectivity index (χ1v) is 8.35. The minimum atomic E-state index is -0.204. The first-order chi connectivity index (χ1) is 11.1. The molecule has 1 aromatic rings. The fourth-order valence-corrected chi connectivity index (χ4v) is 3.13. The van der Waals surface area contributed by atoms with E-state index in [0.29, 0.717) is 37.8 Å². The maximum Gasteiger partial charge on any atom is 0.287 e. The average molecular weight is 320 g/mol. The standard InChI is InChI=1S/C16H24N4O3/c1-11(2)17-15(21)14-18-13(12-5-3-4-6-20(12)14)16(22)19-7-9-23-10-8-19/h11H,3-10H2,1-2H3,(H,17,21). The molecule has 1 fully saturated rings. The van der Waals surface area contributed by atoms with E-state index in [-0.39, 0.29) is 17.9 Å². The Morgan fingerprint density at radius 3 is 2.61 bits per heavy atom. The molecule has 2 aliphatic heterocycles. The Bertz CT molecular complexity index is 603. The molecule has 1 aromatic heterocycles. The summed E-state index contributed by atoms with van der Waals surface area (Å²) < 4.78 is 7.23. The number of hydrogen-bond acceptors (Lipinski definition) is 4. The number of ether oxygens (including phenoxy) is 1. The van der Waals surface area contributed by atoms with Crippen LogP contribution in [0, 0.1) is 0 Å². The summed E-state index contributed by atoms with van der Waals surface area (Å²) in [6.07, 6.45) is 2.84. The fraction of sp³-hybridized carbons (Fsp3) is 0.688. The summed E-state index contributed by atoms with van der Waals surface area (Å²) in [5.74, 6) is 0.0803. The van der Waals surface area contributed by atoms with Crippen molar-refractivity contribution in [3.05, 3.63) is 17.2 Å². The lowest BCUT2D eigenvalue weighted by Crippen LogP contribution is -2.41. The van der Waals surface area contributed by atoms with Gasteiger partial charge in [0.15, 0.2) is 5.82 Å². The van der Waals surface area contributed by atoms with Gasteiger partial charge in [0.2, 0.25) is 0 Å². The number of aromatic nitrogens is 2. The molecule has 1 saturated heterocycles. The maximum atomic E-state index is 12.8. The minimum Gasteiger partial charge on any atom is -0.378 e. The van der Waals surface area contributed by atoms with Gasteiger partial charge in [-0.05, 0) is 33.1 Å². The van der Waals surface area contributed by atoms with Crippen LogP contribution in [-0.2, 0) is 17.7 Å². The molecule has 23 heavy (non-hydrogen) atoms. The van der Waals surface area contributed by atoms with Crippen molar-refractivity contribution >= 4 is 11.8 Å². The van der Waals surface area contributed by atoms with Gasteiger partial charge in [-0.2, -0.15) is 0 Å². The fourth-order valence-electron chi connectivity index (χ4n) is 3.13. The number of hydrogen-bond donors (Lipinski definition) is 1. The Morgan fingerprint density at radius 1 is 1.17 bits per heavy atom. The van der Waals surface area contributed by atoms with E-state index in [4.69, 9.17) is 4.74 Å². The van der Waals surface area contributed by atoms with E-state index in [1.165, 1.54) is 0 Å². The number of nitrogens with zero attached hydrogens (tertiary/aromatic N) is 3. The van der Waals surface area contributed by atoms with Crippen LogP contribution in [0.15, 0.2) is 0 Å². The zero-order valence-electron chi connectivity index (χ0n) is 13.8. The third kappa shape index (κ3) is 3.24. The highest BCUT2D eigenvalue weighted by Crippen LogP contribution is 2.22. The number of amides is 2. The molecule has 1 N–H and O–H groups in total. The normalized spacial score (nSPS) is 18.0. The van der Waals surface area contributed by atoms with E-state index in [9.17, 15) is 9.59 Å². The molecule has 0 bridgehead atoms. The smallest absolute Gasteiger partial charge is 0.287 e. The van der Waals surface area contributed by atoms with Crippen molar-refractivity contribution in [3.63, 3.8) is 0 Å². The highest BCUT2D eigenvalue weighted by molar-refractivity contribution is 5.97. The first-order valence-electron chi connectivity index (χ1n) is 8.35. The topological polar surface area (TPSA) is 76.5 Å². The van der Waals surface area contributed by atoms with Gasteiger partial charge < -0.3 is 19.5 Å². The molecule has 2 aliphatic rings. The monoisotopic (exact) mass is 320 g/mol. The van der Waals surface area contributed by atoms with E-state index < -0.39 is 0 Å². The van der Waals surface area contributed by atoms with Crippen LogP contribution in [0.1, 0.15) is 53.5 Å². The zero-order valence-corrected chi connectivity index (χ0v) is 13.8. The van der Waals surface area contributed by atoms with E-state index in [2.05, 4.69) is 10.3 Å². The zero-order chi connectivity index (χ0) is 16.4. The predicted molar refractivity (Wildman–Crippen MR) is 84.5 cm³/mol. The molecule has 3 heterocycles. The Morgan fingerprint density at radius 2 is 1.91 bits per heavy atom. The summed E-state index contributed by atoms with van der Waals surface area (Å²) in [6.45, 7) is 6.86. The molecule has 0 aliphatic carbocycles. The highest BCUT2D eigenvalue weighted by atomic mass is 16.5. The molecular formula is C16H24N4O3. The highest BCUT2D eigenvalue weighted by Gasteiger charge is 2.30. The molecule has 7 heteroatoms. The van der Waals surface area contributed by atoms with E-state index >= 15 is 0 Å². The van der Waals surface area contributed by atoms with Gasteiger partial charge in [-0.25, -0.2) is 4.98 Å². The summed E-state index contributed by atoms with van der Waals surface area (Å²) >= 11 is 0. The van der Waals surface area contributed by atoms with Gasteiger partial charge in [0.25, 0.3) is 11.8 Å². The first kappa shape index (κ1) is 16.0. The molecule has 7 nitrogen and oxygen atoms in total. The number of morpholine rings is 1. The summed E-state index contributed by atoms with van der Waals surface area (Å²) in [5.41, 5.74) is 1.35. The molecular weight excluding hydrogens is 296 g/mol. The lowest BCUT2D eigenvalue weighted by Gasteiger charge is -2.26. The molecule has 0 unspecified atom stereocenters. The number of rotatable bonds is 3. The van der Waals surface area contributed by atoms with Crippen molar-refractivity contribution in [1.29, 1.82) is 0 Å². The number of carbonyl (C=O) groups is 2. The van der Waals surface area contributed by atoms with Crippen LogP contribution in [0.25, 0.3) is 0 Å². The SMILES string of the molecule is CC(C)NC(=O)c1nc(C(=O)N2CCOCC2)c2n1CCCC2. The van der Waals surface area contributed by atoms with Gasteiger partial charge in [0, 0.05) is 25.7 Å². The summed E-state index contributed by atoms with van der Waals surface area (Å²) in [5, 5.41) is 2.87. The minimum absolute atomic E-state index is 0.0393. The second-order valence-corrected chi connectivity index (χ2v) is 6.37. The van der Waals surface area contributed by atoms with Crippen LogP contribution >= 0.6 is 0 Å². The van der Waals surface area contributed by atoms with Crippen LogP contribution < -0.4 is 5.32 Å². The number of fused-ring (bicyclic) bond motifs is 1. The van der Waals surface area contributed by atoms with Crippen molar-refractivity contribution in [3.8, 4) is 0 Å². The van der Waals surface area contributed by atoms with Gasteiger partial charge in [-0.3, -0.25) is 9.59 Å². The molecule has 126 valence electrons. The molecule has 0 radical (unpaired) electrons. The quantitative estimate of drug-likeness (QED) is 0.895. The second kappa shape index (κ2) is 6.70. The van der Waals surface area contributed by atoms with Crippen LogP contribution in [0.4, 0.5) is 0 Å². The van der Waals surface area contributed by atoms with Crippen molar-refractivity contribution in [1.82, 2.24) is 19.8 Å². The number of carbonyl (C=O) groups excluding carboxylic acids is 2. The molecule has 3 rings (SSSR count). The van der Waals surface area contributed by atoms with Gasteiger partial charge in [-0.15, -0.1) is 0 Å². The Labute approximate surface area is 136 Å². The summed E-state index contributed by atoms with van der Waals surface area (Å²) in [4.78, 5) is 31.4. The van der Waals surface area contributed by atoms with Gasteiger partial charge in [-0.1, -0.05) is 0 Å². The predicted octanol–water partition coefficient (Wildman–Crippen LogP) is 0.830. The third-order valence-electron chi connectivity index (χ3n) is 4.24. The Kier molecular flexibility index (Phi) is 4.66. The molecule has 0 atom stereocenters. The van der Waals surface area contributed by atoms with E-state index in [0.717, 1.165) is 31.5 Å². The lowest BCUT2D eigenvalue weighted by atomic mass is 10.1. The Balaban J connectivity index is 1.92. The van der Waals surface area contributed by atoms with Crippen LogP contribution in [-0.4, -0.2) is 58.6 Å². The molecule has 0 aromatic carbocycles. The summed E-state index contributed by atoms with van der Waals surface area (Å²) in [7, 11) is 0. The second-order valence-electron chi connectivity index (χ2n) is 6.37. The number of nitrogens with one attached hydrogen (secondary N) is 1. The summed E-state index contributed by atoms with van der Waals surface area (Å²) in [6, 6.07) is 0.0393. The van der Waals surface area contributed by atoms with Crippen molar-refractivity contribution in [2.45, 2.75) is 45.7 Å². The van der Waals surface area contributed by atoms with Crippen LogP contribution in [0.2, 0.25) is 0 Å². The van der Waals surface area contributed by atoms with Gasteiger partial charge in [0.1, 0.15) is 5.69 Å². The molecule has 2 amide bonds. The van der Waals surface area contributed by atoms with Gasteiger partial charge >= 0.3 is 0 Å². The maximum absolute atomic E-state index is 12.8. The molecule has 0 spiro atoms. The Hall–Kier alpha value is -1.89. The van der Waals surface area contributed by atoms with Crippen molar-refractivity contribution in [2.24, 2.45) is 0 Å². The average Bonchev–Trinajstić information content (AvgIpc) is 2.94. The van der Waals surface area contributed by atoms with Gasteiger partial charge in [0.05, 0.1) is 18.9 Å². The van der Waals surface area contributed by atoms with Crippen molar-refractivity contribution in [2.75, 3.05) is 26.3 Å². The van der Waals surface area contributed by atoms with E-state index in [1.54, 1.807) is 4.90 Å². The van der Waals surface area contributed by atoms with Crippen LogP contribution in [0.5, 0.6) is 0 Å².